The number of benzene rings is 1. The second kappa shape index (κ2) is 9.09. The number of nitrogens with zero attached hydrogens (tertiary/aromatic N) is 2. The van der Waals surface area contributed by atoms with Crippen LogP contribution in [0, 0.1) is 5.92 Å². The minimum Gasteiger partial charge on any atom is -0.371 e. The van der Waals surface area contributed by atoms with Crippen LogP contribution in [-0.2, 0) is 0 Å². The Hall–Kier alpha value is -1.75. The molecule has 138 valence electrons. The lowest BCUT2D eigenvalue weighted by Gasteiger charge is -2.32. The molecule has 1 aromatic carbocycles. The van der Waals surface area contributed by atoms with Crippen LogP contribution in [0.4, 0.5) is 10.5 Å². The molecule has 3 rings (SSSR count). The molecule has 1 aromatic rings. The fourth-order valence-corrected chi connectivity index (χ4v) is 3.90. The highest BCUT2D eigenvalue weighted by molar-refractivity contribution is 5.73. The van der Waals surface area contributed by atoms with Crippen LogP contribution >= 0.6 is 0 Å². The molecule has 0 bridgehead atoms. The first-order valence-corrected chi connectivity index (χ1v) is 9.78. The molecule has 0 unspecified atom stereocenters. The van der Waals surface area contributed by atoms with Crippen molar-refractivity contribution in [3.8, 4) is 0 Å². The van der Waals surface area contributed by atoms with Gasteiger partial charge in [0.15, 0.2) is 0 Å². The van der Waals surface area contributed by atoms with Crippen molar-refractivity contribution >= 4 is 11.7 Å². The molecule has 2 heterocycles. The molecule has 0 spiro atoms. The number of piperidine rings is 1. The summed E-state index contributed by atoms with van der Waals surface area (Å²) in [5.41, 5.74) is 1.28. The van der Waals surface area contributed by atoms with Gasteiger partial charge in [-0.3, -0.25) is 4.90 Å². The fraction of sp³-hybridized carbons (Fsp3) is 0.650. The average Bonchev–Trinajstić information content (AvgIpc) is 3.15. The van der Waals surface area contributed by atoms with Crippen molar-refractivity contribution in [1.29, 1.82) is 0 Å². The van der Waals surface area contributed by atoms with E-state index in [1.165, 1.54) is 38.0 Å². The summed E-state index contributed by atoms with van der Waals surface area (Å²) in [6, 6.07) is 10.9. The van der Waals surface area contributed by atoms with E-state index >= 15 is 0 Å². The topological polar surface area (TPSA) is 47.6 Å². The molecule has 2 saturated heterocycles. The van der Waals surface area contributed by atoms with Crippen LogP contribution in [-0.4, -0.2) is 56.2 Å². The monoisotopic (exact) mass is 344 g/mol. The Labute approximate surface area is 151 Å². The average molecular weight is 345 g/mol. The summed E-state index contributed by atoms with van der Waals surface area (Å²) in [7, 11) is 0. The predicted octanol–water partition coefficient (Wildman–Crippen LogP) is 2.69. The zero-order valence-corrected chi connectivity index (χ0v) is 15.4. The molecular weight excluding hydrogens is 312 g/mol. The van der Waals surface area contributed by atoms with Crippen LogP contribution in [0.15, 0.2) is 30.3 Å². The summed E-state index contributed by atoms with van der Waals surface area (Å²) in [5, 5.41) is 6.10. The van der Waals surface area contributed by atoms with Crippen LogP contribution in [0.25, 0.3) is 0 Å². The molecule has 0 radical (unpaired) electrons. The van der Waals surface area contributed by atoms with Crippen molar-refractivity contribution in [3.05, 3.63) is 30.3 Å². The summed E-state index contributed by atoms with van der Waals surface area (Å²) < 4.78 is 0. The third kappa shape index (κ3) is 5.36. The van der Waals surface area contributed by atoms with E-state index in [2.05, 4.69) is 51.6 Å². The Morgan fingerprint density at radius 3 is 2.64 bits per heavy atom. The minimum atomic E-state index is -0.0259. The van der Waals surface area contributed by atoms with Gasteiger partial charge in [0.05, 0.1) is 0 Å². The second-order valence-corrected chi connectivity index (χ2v) is 7.47. The molecule has 0 saturated carbocycles. The highest BCUT2D eigenvalue weighted by Crippen LogP contribution is 2.22. The Morgan fingerprint density at radius 1 is 1.12 bits per heavy atom. The van der Waals surface area contributed by atoms with Gasteiger partial charge in [-0.25, -0.2) is 4.79 Å². The van der Waals surface area contributed by atoms with Gasteiger partial charge in [-0.1, -0.05) is 24.6 Å². The molecule has 2 amide bonds. The van der Waals surface area contributed by atoms with E-state index in [-0.39, 0.29) is 6.03 Å². The van der Waals surface area contributed by atoms with Crippen molar-refractivity contribution in [2.45, 2.75) is 38.6 Å². The molecule has 0 aromatic heterocycles. The van der Waals surface area contributed by atoms with E-state index in [0.29, 0.717) is 12.0 Å². The van der Waals surface area contributed by atoms with Gasteiger partial charge in [0.1, 0.15) is 0 Å². The van der Waals surface area contributed by atoms with E-state index < -0.39 is 0 Å². The van der Waals surface area contributed by atoms with Gasteiger partial charge in [-0.15, -0.1) is 0 Å². The maximum atomic E-state index is 12.1. The molecule has 2 fully saturated rings. The van der Waals surface area contributed by atoms with Crippen molar-refractivity contribution in [1.82, 2.24) is 15.5 Å². The van der Waals surface area contributed by atoms with E-state index in [1.54, 1.807) is 0 Å². The summed E-state index contributed by atoms with van der Waals surface area (Å²) >= 11 is 0. The van der Waals surface area contributed by atoms with Crippen LogP contribution in [0.3, 0.4) is 0 Å². The summed E-state index contributed by atoms with van der Waals surface area (Å²) in [6.45, 7) is 8.13. The van der Waals surface area contributed by atoms with Crippen LogP contribution in [0.5, 0.6) is 0 Å². The Bertz CT molecular complexity index is 530. The summed E-state index contributed by atoms with van der Waals surface area (Å²) in [4.78, 5) is 17.0. The summed E-state index contributed by atoms with van der Waals surface area (Å²) in [6.07, 6.45) is 5.06. The van der Waals surface area contributed by atoms with Gasteiger partial charge in [0, 0.05) is 37.9 Å². The van der Waals surface area contributed by atoms with Crippen molar-refractivity contribution in [2.24, 2.45) is 5.92 Å². The summed E-state index contributed by atoms with van der Waals surface area (Å²) in [5.74, 6) is 0.533. The number of anilines is 1. The quantitative estimate of drug-likeness (QED) is 0.834. The smallest absolute Gasteiger partial charge is 0.314 e. The van der Waals surface area contributed by atoms with E-state index in [0.717, 1.165) is 32.6 Å². The number of urea groups is 1. The number of carbonyl (C=O) groups excluding carboxylic acids is 1. The number of hydrogen-bond donors (Lipinski definition) is 2. The van der Waals surface area contributed by atoms with Gasteiger partial charge < -0.3 is 15.5 Å². The molecule has 25 heavy (non-hydrogen) atoms. The Morgan fingerprint density at radius 2 is 1.88 bits per heavy atom. The molecule has 5 heteroatoms. The van der Waals surface area contributed by atoms with Crippen LogP contribution in [0.1, 0.15) is 32.6 Å². The first-order valence-electron chi connectivity index (χ1n) is 9.78. The minimum absolute atomic E-state index is 0.0259. The normalized spacial score (nSPS) is 22.6. The number of hydrogen-bond acceptors (Lipinski definition) is 3. The molecule has 0 aliphatic carbocycles. The zero-order chi connectivity index (χ0) is 17.5. The maximum absolute atomic E-state index is 12.1. The molecule has 5 nitrogen and oxygen atoms in total. The van der Waals surface area contributed by atoms with Gasteiger partial charge >= 0.3 is 6.03 Å². The number of likely N-dealkylation sites (tertiary alicyclic amines) is 1. The lowest BCUT2D eigenvalue weighted by molar-refractivity contribution is 0.170. The largest absolute Gasteiger partial charge is 0.371 e. The van der Waals surface area contributed by atoms with E-state index in [4.69, 9.17) is 0 Å². The standard InChI is InChI=1S/C20H32N4O/c1-17(23-11-6-3-7-12-23)14-21-20(25)22-15-18-10-13-24(16-18)19-8-4-2-5-9-19/h2,4-5,8-9,17-18H,3,6-7,10-16H2,1H3,(H2,21,22,25)/t17-,18+/m0/s1. The number of nitrogens with one attached hydrogen (secondary N) is 2. The third-order valence-corrected chi connectivity index (χ3v) is 5.53. The van der Waals surface area contributed by atoms with Crippen LogP contribution in [0.2, 0.25) is 0 Å². The highest BCUT2D eigenvalue weighted by atomic mass is 16.2. The predicted molar refractivity (Wildman–Crippen MR) is 103 cm³/mol. The van der Waals surface area contributed by atoms with E-state index in [9.17, 15) is 4.79 Å². The molecule has 2 N–H and O–H groups in total. The first-order chi connectivity index (χ1) is 12.2. The third-order valence-electron chi connectivity index (χ3n) is 5.53. The number of amides is 2. The number of para-hydroxylation sites is 1. The van der Waals surface area contributed by atoms with Crippen molar-refractivity contribution in [3.63, 3.8) is 0 Å². The van der Waals surface area contributed by atoms with Gasteiger partial charge in [-0.2, -0.15) is 0 Å². The molecule has 2 aliphatic heterocycles. The van der Waals surface area contributed by atoms with Crippen LogP contribution < -0.4 is 15.5 Å². The molecule has 2 atom stereocenters. The van der Waals surface area contributed by atoms with Gasteiger partial charge in [-0.05, 0) is 57.3 Å². The lowest BCUT2D eigenvalue weighted by Crippen LogP contribution is -2.47. The SMILES string of the molecule is C[C@@H](CNC(=O)NC[C@H]1CCN(c2ccccc2)C1)N1CCCCC1. The van der Waals surface area contributed by atoms with Crippen molar-refractivity contribution < 1.29 is 4.79 Å². The second-order valence-electron chi connectivity index (χ2n) is 7.47. The van der Waals surface area contributed by atoms with Gasteiger partial charge in [0.25, 0.3) is 0 Å². The zero-order valence-electron chi connectivity index (χ0n) is 15.4. The number of rotatable bonds is 6. The van der Waals surface area contributed by atoms with E-state index in [1.807, 2.05) is 6.07 Å². The Kier molecular flexibility index (Phi) is 6.56. The first kappa shape index (κ1) is 18.1. The van der Waals surface area contributed by atoms with Gasteiger partial charge in [0.2, 0.25) is 0 Å². The molecular formula is C20H32N4O. The Balaban J connectivity index is 1.32. The highest BCUT2D eigenvalue weighted by Gasteiger charge is 2.23. The lowest BCUT2D eigenvalue weighted by atomic mass is 10.1. The van der Waals surface area contributed by atoms with Crippen molar-refractivity contribution in [2.75, 3.05) is 44.2 Å². The maximum Gasteiger partial charge on any atom is 0.314 e. The number of carbonyl (C=O) groups is 1. The fourth-order valence-electron chi connectivity index (χ4n) is 3.90. The molecule has 2 aliphatic rings.